The van der Waals surface area contributed by atoms with Gasteiger partial charge < -0.3 is 9.47 Å². The lowest BCUT2D eigenvalue weighted by molar-refractivity contribution is 0.170. The summed E-state index contributed by atoms with van der Waals surface area (Å²) in [5.41, 5.74) is 1.37. The van der Waals surface area contributed by atoms with E-state index in [-0.39, 0.29) is 0 Å². The number of nitrogens with zero attached hydrogens (tertiary/aromatic N) is 3. The molecule has 2 heterocycles. The molecule has 0 atom stereocenters. The predicted molar refractivity (Wildman–Crippen MR) is 69.6 cm³/mol. The van der Waals surface area contributed by atoms with Crippen LogP contribution in [0.3, 0.4) is 0 Å². The Balaban J connectivity index is 2.02. The van der Waals surface area contributed by atoms with Crippen molar-refractivity contribution in [2.75, 3.05) is 13.1 Å². The molecule has 0 aliphatic carbocycles. The van der Waals surface area contributed by atoms with Crippen molar-refractivity contribution in [1.29, 1.82) is 0 Å². The zero-order valence-corrected chi connectivity index (χ0v) is 11.9. The summed E-state index contributed by atoms with van der Waals surface area (Å²) in [4.78, 5) is 6.87. The summed E-state index contributed by atoms with van der Waals surface area (Å²) in [7, 11) is 2.08. The van der Waals surface area contributed by atoms with Gasteiger partial charge in [0.25, 0.3) is 0 Å². The minimum absolute atomic E-state index is 0.679. The molecule has 16 heavy (non-hydrogen) atoms. The number of halogens is 1. The van der Waals surface area contributed by atoms with Gasteiger partial charge in [0.15, 0.2) is 4.73 Å². The second-order valence-electron chi connectivity index (χ2n) is 4.92. The summed E-state index contributed by atoms with van der Waals surface area (Å²) >= 11 is 3.46. The fraction of sp³-hybridized carbons (Fsp3) is 0.750. The molecule has 0 amide bonds. The fourth-order valence-electron chi connectivity index (χ4n) is 2.49. The summed E-state index contributed by atoms with van der Waals surface area (Å²) in [6.45, 7) is 6.98. The third-order valence-corrected chi connectivity index (χ3v) is 4.38. The maximum Gasteiger partial charge on any atom is 0.177 e. The van der Waals surface area contributed by atoms with Gasteiger partial charge >= 0.3 is 0 Å². The summed E-state index contributed by atoms with van der Waals surface area (Å²) in [6.07, 6.45) is 4.52. The van der Waals surface area contributed by atoms with Gasteiger partial charge in [0.2, 0.25) is 0 Å². The highest BCUT2D eigenvalue weighted by atomic mass is 79.9. The van der Waals surface area contributed by atoms with Crippen LogP contribution in [-0.2, 0) is 7.05 Å². The second kappa shape index (κ2) is 4.88. The molecule has 1 saturated heterocycles. The number of likely N-dealkylation sites (tertiary alicyclic amines) is 1. The van der Waals surface area contributed by atoms with E-state index in [0.29, 0.717) is 12.0 Å². The van der Waals surface area contributed by atoms with Crippen molar-refractivity contribution in [3.8, 4) is 0 Å². The molecular formula is C12H20BrN3. The molecule has 1 aliphatic rings. The van der Waals surface area contributed by atoms with E-state index in [1.165, 1.54) is 31.6 Å². The first-order valence-corrected chi connectivity index (χ1v) is 6.80. The maximum absolute atomic E-state index is 4.31. The molecular weight excluding hydrogens is 266 g/mol. The standard InChI is InChI=1S/C12H20BrN3/c1-9(2)16-6-4-10(5-7-16)11-8-14-12(13)15(11)3/h8-10H,4-7H2,1-3H3. The van der Waals surface area contributed by atoms with Crippen molar-refractivity contribution in [3.05, 3.63) is 16.6 Å². The smallest absolute Gasteiger partial charge is 0.177 e. The number of rotatable bonds is 2. The van der Waals surface area contributed by atoms with Gasteiger partial charge in [0.1, 0.15) is 0 Å². The highest BCUT2D eigenvalue weighted by Crippen LogP contribution is 2.29. The van der Waals surface area contributed by atoms with E-state index in [1.807, 2.05) is 6.20 Å². The number of hydrogen-bond acceptors (Lipinski definition) is 2. The zero-order chi connectivity index (χ0) is 11.7. The Labute approximate surface area is 106 Å². The van der Waals surface area contributed by atoms with Crippen molar-refractivity contribution in [2.45, 2.75) is 38.6 Å². The minimum atomic E-state index is 0.679. The van der Waals surface area contributed by atoms with Crippen LogP contribution in [0.5, 0.6) is 0 Å². The summed E-state index contributed by atoms with van der Waals surface area (Å²) < 4.78 is 3.10. The molecule has 4 heteroatoms. The molecule has 0 saturated carbocycles. The molecule has 90 valence electrons. The van der Waals surface area contributed by atoms with Crippen LogP contribution in [0.1, 0.15) is 38.3 Å². The quantitative estimate of drug-likeness (QED) is 0.833. The minimum Gasteiger partial charge on any atom is -0.326 e. The average molecular weight is 286 g/mol. The molecule has 0 spiro atoms. The van der Waals surface area contributed by atoms with E-state index in [2.05, 4.69) is 51.3 Å². The van der Waals surface area contributed by atoms with E-state index in [0.717, 1.165) is 4.73 Å². The molecule has 0 N–H and O–H groups in total. The Hall–Kier alpha value is -0.350. The van der Waals surface area contributed by atoms with Gasteiger partial charge in [-0.1, -0.05) is 0 Å². The van der Waals surface area contributed by atoms with Gasteiger partial charge in [-0.3, -0.25) is 0 Å². The Morgan fingerprint density at radius 1 is 1.38 bits per heavy atom. The highest BCUT2D eigenvalue weighted by Gasteiger charge is 2.24. The number of piperidine rings is 1. The van der Waals surface area contributed by atoms with E-state index in [9.17, 15) is 0 Å². The van der Waals surface area contributed by atoms with Crippen LogP contribution in [-0.4, -0.2) is 33.6 Å². The van der Waals surface area contributed by atoms with Crippen molar-refractivity contribution >= 4 is 15.9 Å². The van der Waals surface area contributed by atoms with Gasteiger partial charge in [0, 0.05) is 30.9 Å². The van der Waals surface area contributed by atoms with Crippen LogP contribution in [0, 0.1) is 0 Å². The van der Waals surface area contributed by atoms with Crippen molar-refractivity contribution < 1.29 is 0 Å². The summed E-state index contributed by atoms with van der Waals surface area (Å²) in [5, 5.41) is 0. The van der Waals surface area contributed by atoms with E-state index < -0.39 is 0 Å². The zero-order valence-electron chi connectivity index (χ0n) is 10.3. The van der Waals surface area contributed by atoms with Gasteiger partial charge in [0.05, 0.1) is 0 Å². The Bertz CT molecular complexity index is 351. The van der Waals surface area contributed by atoms with E-state index in [4.69, 9.17) is 0 Å². The maximum atomic E-state index is 4.31. The van der Waals surface area contributed by atoms with Crippen LogP contribution in [0.25, 0.3) is 0 Å². The van der Waals surface area contributed by atoms with Gasteiger partial charge in [-0.15, -0.1) is 0 Å². The number of hydrogen-bond donors (Lipinski definition) is 0. The number of imidazole rings is 1. The van der Waals surface area contributed by atoms with Crippen LogP contribution in [0.15, 0.2) is 10.9 Å². The van der Waals surface area contributed by atoms with E-state index in [1.54, 1.807) is 0 Å². The third-order valence-electron chi connectivity index (χ3n) is 3.65. The topological polar surface area (TPSA) is 21.1 Å². The molecule has 0 unspecified atom stereocenters. The number of aromatic nitrogens is 2. The molecule has 1 aromatic rings. The molecule has 1 aromatic heterocycles. The first-order chi connectivity index (χ1) is 7.59. The molecule has 0 bridgehead atoms. The first-order valence-electron chi connectivity index (χ1n) is 6.00. The molecule has 0 radical (unpaired) electrons. The summed E-state index contributed by atoms with van der Waals surface area (Å²) in [5.74, 6) is 0.679. The van der Waals surface area contributed by atoms with Gasteiger partial charge in [-0.25, -0.2) is 4.98 Å². The lowest BCUT2D eigenvalue weighted by atomic mass is 9.93. The highest BCUT2D eigenvalue weighted by molar-refractivity contribution is 9.10. The van der Waals surface area contributed by atoms with Crippen LogP contribution >= 0.6 is 15.9 Å². The van der Waals surface area contributed by atoms with Gasteiger partial charge in [-0.05, 0) is 55.7 Å². The monoisotopic (exact) mass is 285 g/mol. The Kier molecular flexibility index (Phi) is 3.70. The van der Waals surface area contributed by atoms with Crippen LogP contribution in [0.2, 0.25) is 0 Å². The summed E-state index contributed by atoms with van der Waals surface area (Å²) in [6, 6.07) is 0.680. The SMILES string of the molecule is CC(C)N1CCC(c2cnc(Br)n2C)CC1. The molecule has 1 fully saturated rings. The molecule has 0 aromatic carbocycles. The van der Waals surface area contributed by atoms with Crippen LogP contribution in [0.4, 0.5) is 0 Å². The largest absolute Gasteiger partial charge is 0.326 e. The molecule has 2 rings (SSSR count). The Morgan fingerprint density at radius 2 is 2.00 bits per heavy atom. The second-order valence-corrected chi connectivity index (χ2v) is 5.62. The van der Waals surface area contributed by atoms with E-state index >= 15 is 0 Å². The van der Waals surface area contributed by atoms with Crippen LogP contribution < -0.4 is 0 Å². The predicted octanol–water partition coefficient (Wildman–Crippen LogP) is 2.77. The lowest BCUT2D eigenvalue weighted by Crippen LogP contribution is -2.38. The Morgan fingerprint density at radius 3 is 2.44 bits per heavy atom. The van der Waals surface area contributed by atoms with Gasteiger partial charge in [-0.2, -0.15) is 0 Å². The lowest BCUT2D eigenvalue weighted by Gasteiger charge is -2.34. The van der Waals surface area contributed by atoms with Crippen molar-refractivity contribution in [3.63, 3.8) is 0 Å². The molecule has 3 nitrogen and oxygen atoms in total. The normalized spacial score (nSPS) is 19.6. The van der Waals surface area contributed by atoms with Crippen molar-refractivity contribution in [1.82, 2.24) is 14.5 Å². The molecule has 1 aliphatic heterocycles. The fourth-order valence-corrected chi connectivity index (χ4v) is 2.80. The van der Waals surface area contributed by atoms with Crippen molar-refractivity contribution in [2.24, 2.45) is 7.05 Å². The average Bonchev–Trinajstić information content (AvgIpc) is 2.60. The third kappa shape index (κ3) is 2.33. The first kappa shape index (κ1) is 12.1.